The highest BCUT2D eigenvalue weighted by Crippen LogP contribution is 2.28. The molecule has 1 saturated carbocycles. The van der Waals surface area contributed by atoms with E-state index >= 15 is 0 Å². The van der Waals surface area contributed by atoms with Crippen molar-refractivity contribution in [2.24, 2.45) is 5.92 Å². The number of aromatic nitrogens is 2. The van der Waals surface area contributed by atoms with Crippen LogP contribution in [0.5, 0.6) is 5.75 Å². The van der Waals surface area contributed by atoms with Gasteiger partial charge in [0.1, 0.15) is 5.75 Å². The lowest BCUT2D eigenvalue weighted by Gasteiger charge is -2.10. The van der Waals surface area contributed by atoms with Crippen LogP contribution in [0.1, 0.15) is 49.1 Å². The Labute approximate surface area is 154 Å². The molecule has 0 unspecified atom stereocenters. The van der Waals surface area contributed by atoms with Gasteiger partial charge in [-0.05, 0) is 56.2 Å². The van der Waals surface area contributed by atoms with Gasteiger partial charge in [0, 0.05) is 19.4 Å². The lowest BCUT2D eigenvalue weighted by atomic mass is 10.0. The summed E-state index contributed by atoms with van der Waals surface area (Å²) in [5.41, 5.74) is 2.38. The molecule has 0 saturated heterocycles. The summed E-state index contributed by atoms with van der Waals surface area (Å²) in [6.45, 7) is 6.22. The lowest BCUT2D eigenvalue weighted by Crippen LogP contribution is -2.30. The third kappa shape index (κ3) is 4.84. The van der Waals surface area contributed by atoms with Crippen LogP contribution in [0.3, 0.4) is 0 Å². The van der Waals surface area contributed by atoms with Crippen LogP contribution in [-0.4, -0.2) is 28.8 Å². The molecule has 1 aliphatic rings. The Morgan fingerprint density at radius 1 is 1.27 bits per heavy atom. The summed E-state index contributed by atoms with van der Waals surface area (Å²) in [5, 5.41) is 11.3. The fraction of sp³-hybridized carbons (Fsp3) is 0.550. The molecule has 3 rings (SSSR count). The first kappa shape index (κ1) is 18.4. The average Bonchev–Trinajstić information content (AvgIpc) is 3.21. The van der Waals surface area contributed by atoms with Gasteiger partial charge < -0.3 is 14.5 Å². The number of nitrogens with zero attached hydrogens (tertiary/aromatic N) is 2. The van der Waals surface area contributed by atoms with E-state index in [1.165, 1.54) is 5.56 Å². The smallest absolute Gasteiger partial charge is 0.219 e. The molecule has 0 aliphatic heterocycles. The second-order valence-corrected chi connectivity index (χ2v) is 7.17. The molecule has 2 aromatic rings. The Bertz CT molecular complexity index is 757. The first-order valence-corrected chi connectivity index (χ1v) is 9.28. The Morgan fingerprint density at radius 2 is 2.08 bits per heavy atom. The molecule has 1 heterocycles. The van der Waals surface area contributed by atoms with E-state index in [4.69, 9.17) is 9.15 Å². The molecule has 140 valence electrons. The number of rotatable bonds is 7. The van der Waals surface area contributed by atoms with Crippen LogP contribution >= 0.6 is 0 Å². The molecule has 1 fully saturated rings. The first-order valence-electron chi connectivity index (χ1n) is 9.28. The Balaban J connectivity index is 1.45. The molecule has 26 heavy (non-hydrogen) atoms. The van der Waals surface area contributed by atoms with Crippen LogP contribution in [-0.2, 0) is 17.6 Å². The maximum absolute atomic E-state index is 11.1. The molecular weight excluding hydrogens is 330 g/mol. The van der Waals surface area contributed by atoms with Crippen molar-refractivity contribution in [3.05, 3.63) is 41.1 Å². The monoisotopic (exact) mass is 357 g/mol. The van der Waals surface area contributed by atoms with Crippen LogP contribution in [0.4, 0.5) is 0 Å². The third-order valence-corrected chi connectivity index (χ3v) is 5.05. The van der Waals surface area contributed by atoms with Crippen LogP contribution in [0, 0.1) is 19.8 Å². The fourth-order valence-electron chi connectivity index (χ4n) is 3.53. The Morgan fingerprint density at radius 3 is 2.88 bits per heavy atom. The Hall–Kier alpha value is -2.37. The minimum Gasteiger partial charge on any atom is -0.493 e. The standard InChI is InChI=1S/C20H27N3O3/c1-13-5-4-6-18(14(13)2)25-10-9-19-22-23-20(26-19)12-16-7-8-17(11-16)21-15(3)24/h4-6,16-17H,7-12H2,1-3H3,(H,21,24)/t16-,17+/m1/s1. The van der Waals surface area contributed by atoms with Crippen LogP contribution in [0.15, 0.2) is 22.6 Å². The number of nitrogens with one attached hydrogen (secondary N) is 1. The number of carbonyl (C=O) groups is 1. The van der Waals surface area contributed by atoms with E-state index in [0.717, 1.165) is 37.0 Å². The van der Waals surface area contributed by atoms with Crippen molar-refractivity contribution in [2.45, 2.75) is 58.9 Å². The summed E-state index contributed by atoms with van der Waals surface area (Å²) in [5.74, 6) is 2.73. The van der Waals surface area contributed by atoms with Gasteiger partial charge in [-0.1, -0.05) is 12.1 Å². The zero-order valence-electron chi connectivity index (χ0n) is 15.7. The van der Waals surface area contributed by atoms with E-state index < -0.39 is 0 Å². The van der Waals surface area contributed by atoms with E-state index in [2.05, 4.69) is 35.4 Å². The van der Waals surface area contributed by atoms with Crippen molar-refractivity contribution < 1.29 is 13.9 Å². The molecular formula is C20H27N3O3. The summed E-state index contributed by atoms with van der Waals surface area (Å²) < 4.78 is 11.6. The van der Waals surface area contributed by atoms with E-state index in [1.54, 1.807) is 6.92 Å². The third-order valence-electron chi connectivity index (χ3n) is 5.05. The van der Waals surface area contributed by atoms with Crippen LogP contribution < -0.4 is 10.1 Å². The number of aryl methyl sites for hydroxylation is 1. The normalized spacial score (nSPS) is 19.5. The predicted molar refractivity (Wildman–Crippen MR) is 98.1 cm³/mol. The summed E-state index contributed by atoms with van der Waals surface area (Å²) in [7, 11) is 0. The van der Waals surface area contributed by atoms with Gasteiger partial charge in [0.25, 0.3) is 0 Å². The van der Waals surface area contributed by atoms with Crippen molar-refractivity contribution in [3.8, 4) is 5.75 Å². The molecule has 1 amide bonds. The fourth-order valence-corrected chi connectivity index (χ4v) is 3.53. The maximum Gasteiger partial charge on any atom is 0.219 e. The van der Waals surface area contributed by atoms with Crippen LogP contribution in [0.25, 0.3) is 0 Å². The van der Waals surface area contributed by atoms with Crippen molar-refractivity contribution in [1.29, 1.82) is 0 Å². The number of carbonyl (C=O) groups excluding carboxylic acids is 1. The molecule has 1 aliphatic carbocycles. The zero-order chi connectivity index (χ0) is 18.5. The SMILES string of the molecule is CC(=O)N[C@H]1CC[C@@H](Cc2nnc(CCOc3cccc(C)c3C)o2)C1. The van der Waals surface area contributed by atoms with E-state index in [9.17, 15) is 4.79 Å². The van der Waals surface area contributed by atoms with Gasteiger partial charge in [-0.3, -0.25) is 4.79 Å². The van der Waals surface area contributed by atoms with E-state index in [-0.39, 0.29) is 11.9 Å². The van der Waals surface area contributed by atoms with Gasteiger partial charge >= 0.3 is 0 Å². The summed E-state index contributed by atoms with van der Waals surface area (Å²) >= 11 is 0. The molecule has 6 heteroatoms. The number of benzene rings is 1. The van der Waals surface area contributed by atoms with Gasteiger partial charge in [0.2, 0.25) is 17.7 Å². The molecule has 1 aromatic carbocycles. The maximum atomic E-state index is 11.1. The van der Waals surface area contributed by atoms with Crippen molar-refractivity contribution in [1.82, 2.24) is 15.5 Å². The summed E-state index contributed by atoms with van der Waals surface area (Å²) in [6.07, 6.45) is 4.46. The number of hydrogen-bond acceptors (Lipinski definition) is 5. The number of amides is 1. The summed E-state index contributed by atoms with van der Waals surface area (Å²) in [4.78, 5) is 11.1. The van der Waals surface area contributed by atoms with Crippen molar-refractivity contribution in [2.75, 3.05) is 6.61 Å². The minimum atomic E-state index is 0.0413. The average molecular weight is 357 g/mol. The minimum absolute atomic E-state index is 0.0413. The molecule has 1 aromatic heterocycles. The molecule has 0 radical (unpaired) electrons. The van der Waals surface area contributed by atoms with Crippen molar-refractivity contribution >= 4 is 5.91 Å². The van der Waals surface area contributed by atoms with Gasteiger partial charge in [-0.2, -0.15) is 0 Å². The van der Waals surface area contributed by atoms with E-state index in [0.29, 0.717) is 30.7 Å². The highest BCUT2D eigenvalue weighted by Gasteiger charge is 2.26. The second kappa shape index (κ2) is 8.34. The van der Waals surface area contributed by atoms with Gasteiger partial charge in [-0.15, -0.1) is 10.2 Å². The van der Waals surface area contributed by atoms with E-state index in [1.807, 2.05) is 12.1 Å². The summed E-state index contributed by atoms with van der Waals surface area (Å²) in [6, 6.07) is 6.34. The highest BCUT2D eigenvalue weighted by molar-refractivity contribution is 5.73. The zero-order valence-corrected chi connectivity index (χ0v) is 15.7. The number of ether oxygens (including phenoxy) is 1. The number of hydrogen-bond donors (Lipinski definition) is 1. The first-order chi connectivity index (χ1) is 12.5. The largest absolute Gasteiger partial charge is 0.493 e. The van der Waals surface area contributed by atoms with Gasteiger partial charge in [0.05, 0.1) is 13.0 Å². The van der Waals surface area contributed by atoms with Crippen LogP contribution in [0.2, 0.25) is 0 Å². The molecule has 1 N–H and O–H groups in total. The lowest BCUT2D eigenvalue weighted by molar-refractivity contribution is -0.119. The quantitative estimate of drug-likeness (QED) is 0.824. The van der Waals surface area contributed by atoms with Gasteiger partial charge in [-0.25, -0.2) is 0 Å². The highest BCUT2D eigenvalue weighted by atomic mass is 16.5. The van der Waals surface area contributed by atoms with Crippen molar-refractivity contribution in [3.63, 3.8) is 0 Å². The second-order valence-electron chi connectivity index (χ2n) is 7.17. The molecule has 6 nitrogen and oxygen atoms in total. The molecule has 0 spiro atoms. The predicted octanol–water partition coefficient (Wildman–Crippen LogP) is 3.16. The molecule has 2 atom stereocenters. The topological polar surface area (TPSA) is 77.2 Å². The van der Waals surface area contributed by atoms with Gasteiger partial charge in [0.15, 0.2) is 0 Å². The Kier molecular flexibility index (Phi) is 5.91. The molecule has 0 bridgehead atoms.